The van der Waals surface area contributed by atoms with Crippen LogP contribution in [0.5, 0.6) is 5.75 Å². The third-order valence-electron chi connectivity index (χ3n) is 6.79. The van der Waals surface area contributed by atoms with Gasteiger partial charge in [-0.1, -0.05) is 12.1 Å². The Morgan fingerprint density at radius 1 is 1.09 bits per heavy atom. The van der Waals surface area contributed by atoms with E-state index in [4.69, 9.17) is 0 Å². The lowest BCUT2D eigenvalue weighted by atomic mass is 10.1. The topological polar surface area (TPSA) is 54.6 Å². The Balaban J connectivity index is 1.30. The molecule has 2 aliphatic rings. The summed E-state index contributed by atoms with van der Waals surface area (Å²) in [5.41, 5.74) is 3.82. The van der Waals surface area contributed by atoms with E-state index in [2.05, 4.69) is 19.4 Å². The minimum atomic E-state index is -2.88. The lowest BCUT2D eigenvalue weighted by Gasteiger charge is -2.16. The molecule has 2 unspecified atom stereocenters. The molecule has 1 N–H and O–H groups in total. The van der Waals surface area contributed by atoms with Crippen LogP contribution in [0.4, 0.5) is 17.6 Å². The predicted molar refractivity (Wildman–Crippen MR) is 125 cm³/mol. The van der Waals surface area contributed by atoms with E-state index < -0.39 is 30.1 Å². The molecule has 0 amide bonds. The van der Waals surface area contributed by atoms with Gasteiger partial charge >= 0.3 is 13.2 Å². The average molecular weight is 511 g/mol. The number of rotatable bonds is 9. The van der Waals surface area contributed by atoms with Crippen molar-refractivity contribution in [1.29, 1.82) is 0 Å². The third-order valence-corrected chi connectivity index (χ3v) is 8.50. The van der Waals surface area contributed by atoms with Crippen molar-refractivity contribution < 1.29 is 31.2 Å². The van der Waals surface area contributed by atoms with Crippen LogP contribution >= 0.6 is 0 Å². The maximum atomic E-state index is 13.7. The maximum absolute atomic E-state index is 13.7. The number of aromatic nitrogens is 1. The van der Waals surface area contributed by atoms with Gasteiger partial charge < -0.3 is 19.4 Å². The van der Waals surface area contributed by atoms with E-state index in [1.165, 1.54) is 6.07 Å². The normalized spacial score (nSPS) is 21.3. The Morgan fingerprint density at radius 2 is 1.91 bits per heavy atom. The Labute approximate surface area is 202 Å². The first-order valence-electron chi connectivity index (χ1n) is 11.6. The fourth-order valence-electron chi connectivity index (χ4n) is 5.18. The number of benzene rings is 2. The molecule has 5 rings (SSSR count). The first-order chi connectivity index (χ1) is 16.9. The zero-order chi connectivity index (χ0) is 24.5. The van der Waals surface area contributed by atoms with E-state index in [0.717, 1.165) is 32.5 Å². The third kappa shape index (κ3) is 5.39. The summed E-state index contributed by atoms with van der Waals surface area (Å²) >= 11 is 0. The number of nitrogens with zero attached hydrogens (tertiary/aromatic N) is 1. The molecule has 5 nitrogen and oxygen atoms in total. The molecular weight excluding hydrogens is 484 g/mol. The maximum Gasteiger partial charge on any atom is 0.387 e. The van der Waals surface area contributed by atoms with Crippen LogP contribution in [0.15, 0.2) is 47.5 Å². The van der Waals surface area contributed by atoms with Crippen molar-refractivity contribution in [3.05, 3.63) is 59.3 Å². The number of nitrogens with one attached hydrogen (secondary N) is 1. The molecule has 2 aromatic carbocycles. The smallest absolute Gasteiger partial charge is 0.387 e. The van der Waals surface area contributed by atoms with Crippen LogP contribution in [-0.2, 0) is 34.8 Å². The van der Waals surface area contributed by atoms with Crippen molar-refractivity contribution in [1.82, 2.24) is 9.88 Å². The molecule has 35 heavy (non-hydrogen) atoms. The van der Waals surface area contributed by atoms with E-state index in [9.17, 15) is 21.8 Å². The van der Waals surface area contributed by atoms with Crippen LogP contribution in [0.25, 0.3) is 10.9 Å². The molecule has 1 fully saturated rings. The number of fused-ring (bicyclic) bond motifs is 2. The molecule has 10 heteroatoms. The van der Waals surface area contributed by atoms with Gasteiger partial charge in [-0.25, -0.2) is 0 Å². The number of hydrogen-bond acceptors (Lipinski definition) is 4. The predicted octanol–water partition coefficient (Wildman–Crippen LogP) is 4.90. The Hall–Kier alpha value is -2.43. The first-order valence-corrected chi connectivity index (χ1v) is 12.8. The number of hydrogen-bond donors (Lipinski definition) is 1. The minimum absolute atomic E-state index is 0.114. The van der Waals surface area contributed by atoms with E-state index >= 15 is 0 Å². The van der Waals surface area contributed by atoms with E-state index in [0.29, 0.717) is 45.3 Å². The summed E-state index contributed by atoms with van der Waals surface area (Å²) in [6.07, 6.45) is 3.88. The zero-order valence-corrected chi connectivity index (χ0v) is 19.7. The number of H-pyrrole nitrogens is 1. The second kappa shape index (κ2) is 10.3. The van der Waals surface area contributed by atoms with Crippen molar-refractivity contribution >= 4 is 21.7 Å². The quantitative estimate of drug-likeness (QED) is 0.416. The van der Waals surface area contributed by atoms with Gasteiger partial charge in [-0.05, 0) is 66.6 Å². The summed E-state index contributed by atoms with van der Waals surface area (Å²) in [5, 5.41) is 0.772. The molecule has 0 saturated carbocycles. The number of halogens is 4. The highest BCUT2D eigenvalue weighted by Crippen LogP contribution is 2.34. The average Bonchev–Trinajstić information content (AvgIpc) is 3.54. The van der Waals surface area contributed by atoms with Gasteiger partial charge in [0.25, 0.3) is 0 Å². The number of aromatic amines is 1. The number of ether oxygens (including phenoxy) is 2. The largest absolute Gasteiger partial charge is 0.435 e. The first kappa shape index (κ1) is 24.3. The summed E-state index contributed by atoms with van der Waals surface area (Å²) < 4.78 is 73.0. The standard InChI is InChI=1S/C25H26F4N2O3S/c26-24(27)33-18-5-4-15-11-20(12-17(15)10-18)35(32)22-3-1-2-21-23(22)16(13-30-21)6-8-31-9-7-19(14-31)34-25(28)29/h1-5,10,13,19-20,24-25,30H,6-9,11-12,14H2/t19-,20?,35?/m0/s1. The molecule has 1 aliphatic heterocycles. The molecule has 2 heterocycles. The Kier molecular flexibility index (Phi) is 7.13. The minimum Gasteiger partial charge on any atom is -0.435 e. The van der Waals surface area contributed by atoms with Gasteiger partial charge in [-0.2, -0.15) is 17.6 Å². The monoisotopic (exact) mass is 510 g/mol. The van der Waals surface area contributed by atoms with Crippen LogP contribution in [0, 0.1) is 0 Å². The van der Waals surface area contributed by atoms with Gasteiger partial charge in [-0.15, -0.1) is 0 Å². The Morgan fingerprint density at radius 3 is 2.71 bits per heavy atom. The van der Waals surface area contributed by atoms with Crippen molar-refractivity contribution in [2.75, 3.05) is 19.6 Å². The molecule has 1 aliphatic carbocycles. The van der Waals surface area contributed by atoms with Crippen molar-refractivity contribution in [3.8, 4) is 5.75 Å². The summed E-state index contributed by atoms with van der Waals surface area (Å²) in [7, 11) is -1.31. The van der Waals surface area contributed by atoms with Crippen molar-refractivity contribution in [2.45, 2.75) is 55.2 Å². The summed E-state index contributed by atoms with van der Waals surface area (Å²) in [6, 6.07) is 10.6. The lowest BCUT2D eigenvalue weighted by molar-refractivity contribution is -0.158. The van der Waals surface area contributed by atoms with Gasteiger partial charge in [0, 0.05) is 46.9 Å². The molecule has 3 aromatic rings. The van der Waals surface area contributed by atoms with Gasteiger partial charge in [0.1, 0.15) is 5.75 Å². The molecule has 0 bridgehead atoms. The van der Waals surface area contributed by atoms with E-state index in [-0.39, 0.29) is 11.0 Å². The summed E-state index contributed by atoms with van der Waals surface area (Å²) in [5.74, 6) is 0.114. The molecule has 0 radical (unpaired) electrons. The van der Waals surface area contributed by atoms with Gasteiger partial charge in [0.15, 0.2) is 0 Å². The fourth-order valence-corrected chi connectivity index (χ4v) is 6.86. The summed E-state index contributed by atoms with van der Waals surface area (Å²) in [4.78, 5) is 6.12. The second-order valence-electron chi connectivity index (χ2n) is 8.99. The second-order valence-corrected chi connectivity index (χ2v) is 10.7. The van der Waals surface area contributed by atoms with Crippen LogP contribution in [0.2, 0.25) is 0 Å². The molecule has 0 spiro atoms. The molecule has 188 valence electrons. The van der Waals surface area contributed by atoms with E-state index in [1.54, 1.807) is 12.1 Å². The van der Waals surface area contributed by atoms with Gasteiger partial charge in [0.2, 0.25) is 0 Å². The molecule has 1 aromatic heterocycles. The van der Waals surface area contributed by atoms with Crippen LogP contribution < -0.4 is 4.74 Å². The van der Waals surface area contributed by atoms with Gasteiger partial charge in [0.05, 0.1) is 16.9 Å². The number of alkyl halides is 4. The van der Waals surface area contributed by atoms with Crippen molar-refractivity contribution in [2.24, 2.45) is 0 Å². The van der Waals surface area contributed by atoms with Crippen molar-refractivity contribution in [3.63, 3.8) is 0 Å². The number of likely N-dealkylation sites (tertiary alicyclic amines) is 1. The SMILES string of the molecule is O=S(c1cccc2[nH]cc(CCN3CC[C@H](OC(F)F)C3)c12)C1Cc2ccc(OC(F)F)cc2C1. The molecule has 1 saturated heterocycles. The van der Waals surface area contributed by atoms with E-state index in [1.807, 2.05) is 24.4 Å². The highest BCUT2D eigenvalue weighted by Gasteiger charge is 2.30. The fraction of sp³-hybridized carbons (Fsp3) is 0.440. The van der Waals surface area contributed by atoms with Crippen LogP contribution in [0.1, 0.15) is 23.1 Å². The van der Waals surface area contributed by atoms with Gasteiger partial charge in [-0.3, -0.25) is 4.21 Å². The highest BCUT2D eigenvalue weighted by molar-refractivity contribution is 7.86. The molecule has 3 atom stereocenters. The highest BCUT2D eigenvalue weighted by atomic mass is 32.2. The van der Waals surface area contributed by atoms with Crippen LogP contribution in [-0.4, -0.2) is 58.3 Å². The summed E-state index contributed by atoms with van der Waals surface area (Å²) in [6.45, 7) is -3.76. The lowest BCUT2D eigenvalue weighted by Crippen LogP contribution is -2.26. The molecular formula is C25H26F4N2O3S. The van der Waals surface area contributed by atoms with Crippen LogP contribution in [0.3, 0.4) is 0 Å². The zero-order valence-electron chi connectivity index (χ0n) is 18.9. The Bertz CT molecular complexity index is 1220.